The molecule has 106 valence electrons. The van der Waals surface area contributed by atoms with Crippen molar-refractivity contribution in [2.75, 3.05) is 7.05 Å². The largest absolute Gasteiger partial charge is 0.313 e. The Morgan fingerprint density at radius 1 is 1.21 bits per heavy atom. The van der Waals surface area contributed by atoms with E-state index in [9.17, 15) is 4.39 Å². The van der Waals surface area contributed by atoms with Gasteiger partial charge in [0.05, 0.1) is 0 Å². The third kappa shape index (κ3) is 3.17. The van der Waals surface area contributed by atoms with E-state index in [1.54, 1.807) is 6.07 Å². The summed E-state index contributed by atoms with van der Waals surface area (Å²) in [6.07, 6.45) is 3.65. The summed E-state index contributed by atoms with van der Waals surface area (Å²) in [5.74, 6) is 2.02. The molecular formula is C17H26FN. The molecule has 1 saturated carbocycles. The summed E-state index contributed by atoms with van der Waals surface area (Å²) in [6, 6.07) is 5.59. The average molecular weight is 263 g/mol. The third-order valence-electron chi connectivity index (χ3n) is 4.91. The standard InChI is InChI=1S/C17H26FN/c1-11-5-8-16(18)15(9-11)17(19-4)14-7-6-12(2)13(3)10-14/h5,8-9,12-14,17,19H,6-7,10H2,1-4H3. The van der Waals surface area contributed by atoms with Crippen molar-refractivity contribution in [3.8, 4) is 0 Å². The molecule has 1 aliphatic carbocycles. The Hall–Kier alpha value is -0.890. The highest BCUT2D eigenvalue weighted by Gasteiger charge is 2.31. The Bertz CT molecular complexity index is 429. The number of hydrogen-bond donors (Lipinski definition) is 1. The molecule has 0 aliphatic heterocycles. The Kier molecular flexibility index (Phi) is 4.62. The molecule has 0 amide bonds. The molecule has 4 unspecified atom stereocenters. The van der Waals surface area contributed by atoms with Crippen LogP contribution in [0, 0.1) is 30.5 Å². The van der Waals surface area contributed by atoms with Gasteiger partial charge in [-0.15, -0.1) is 0 Å². The summed E-state index contributed by atoms with van der Waals surface area (Å²) in [5, 5.41) is 3.35. The maximum absolute atomic E-state index is 14.1. The first kappa shape index (κ1) is 14.5. The fourth-order valence-electron chi connectivity index (χ4n) is 3.44. The predicted molar refractivity (Wildman–Crippen MR) is 78.6 cm³/mol. The molecule has 1 N–H and O–H groups in total. The minimum Gasteiger partial charge on any atom is -0.313 e. The monoisotopic (exact) mass is 263 g/mol. The van der Waals surface area contributed by atoms with Gasteiger partial charge in [-0.1, -0.05) is 38.0 Å². The lowest BCUT2D eigenvalue weighted by Crippen LogP contribution is -2.32. The maximum Gasteiger partial charge on any atom is 0.128 e. The van der Waals surface area contributed by atoms with Crippen LogP contribution < -0.4 is 5.32 Å². The van der Waals surface area contributed by atoms with Gasteiger partial charge in [0, 0.05) is 11.6 Å². The Labute approximate surface area is 116 Å². The van der Waals surface area contributed by atoms with Crippen molar-refractivity contribution < 1.29 is 4.39 Å². The van der Waals surface area contributed by atoms with Gasteiger partial charge in [-0.2, -0.15) is 0 Å². The summed E-state index contributed by atoms with van der Waals surface area (Å²) >= 11 is 0. The molecular weight excluding hydrogens is 237 g/mol. The van der Waals surface area contributed by atoms with Crippen molar-refractivity contribution in [1.29, 1.82) is 0 Å². The van der Waals surface area contributed by atoms with Crippen LogP contribution in [-0.4, -0.2) is 7.05 Å². The highest BCUT2D eigenvalue weighted by Crippen LogP contribution is 2.40. The number of benzene rings is 1. The van der Waals surface area contributed by atoms with Gasteiger partial charge in [-0.25, -0.2) is 4.39 Å². The first-order valence-electron chi connectivity index (χ1n) is 7.46. The van der Waals surface area contributed by atoms with E-state index < -0.39 is 0 Å². The van der Waals surface area contributed by atoms with Crippen LogP contribution >= 0.6 is 0 Å². The molecule has 0 aromatic heterocycles. The number of halogens is 1. The summed E-state index contributed by atoms with van der Waals surface area (Å²) in [4.78, 5) is 0. The van der Waals surface area contributed by atoms with Crippen LogP contribution in [0.15, 0.2) is 18.2 Å². The highest BCUT2D eigenvalue weighted by molar-refractivity contribution is 5.27. The summed E-state index contributed by atoms with van der Waals surface area (Å²) < 4.78 is 14.1. The molecule has 1 aromatic carbocycles. The lowest BCUT2D eigenvalue weighted by molar-refractivity contribution is 0.173. The normalized spacial score (nSPS) is 29.2. The highest BCUT2D eigenvalue weighted by atomic mass is 19.1. The number of hydrogen-bond acceptors (Lipinski definition) is 1. The molecule has 1 aromatic rings. The van der Waals surface area contributed by atoms with E-state index in [-0.39, 0.29) is 11.9 Å². The van der Waals surface area contributed by atoms with Gasteiger partial charge in [0.25, 0.3) is 0 Å². The predicted octanol–water partition coefficient (Wildman–Crippen LogP) is 4.47. The van der Waals surface area contributed by atoms with E-state index in [2.05, 4.69) is 19.2 Å². The van der Waals surface area contributed by atoms with Gasteiger partial charge >= 0.3 is 0 Å². The SMILES string of the molecule is CNC(c1cc(C)ccc1F)C1CCC(C)C(C)C1. The second-order valence-corrected chi connectivity index (χ2v) is 6.32. The van der Waals surface area contributed by atoms with Crippen molar-refractivity contribution in [2.45, 2.75) is 46.1 Å². The van der Waals surface area contributed by atoms with Crippen molar-refractivity contribution in [3.63, 3.8) is 0 Å². The second-order valence-electron chi connectivity index (χ2n) is 6.32. The van der Waals surface area contributed by atoms with Crippen molar-refractivity contribution >= 4 is 0 Å². The molecule has 2 rings (SSSR count). The zero-order valence-electron chi connectivity index (χ0n) is 12.5. The van der Waals surface area contributed by atoms with Crippen LogP contribution in [0.2, 0.25) is 0 Å². The van der Waals surface area contributed by atoms with Crippen LogP contribution in [0.1, 0.15) is 50.3 Å². The van der Waals surface area contributed by atoms with E-state index in [4.69, 9.17) is 0 Å². The van der Waals surface area contributed by atoms with Crippen molar-refractivity contribution in [1.82, 2.24) is 5.32 Å². The summed E-state index contributed by atoms with van der Waals surface area (Å²) in [7, 11) is 1.95. The average Bonchev–Trinajstić information content (AvgIpc) is 2.38. The lowest BCUT2D eigenvalue weighted by atomic mass is 9.72. The quantitative estimate of drug-likeness (QED) is 0.848. The van der Waals surface area contributed by atoms with Gasteiger partial charge in [0.1, 0.15) is 5.82 Å². The molecule has 19 heavy (non-hydrogen) atoms. The number of nitrogens with one attached hydrogen (secondary N) is 1. The minimum absolute atomic E-state index is 0.0729. The molecule has 1 aliphatic rings. The van der Waals surface area contributed by atoms with Crippen LogP contribution in [0.5, 0.6) is 0 Å². The van der Waals surface area contributed by atoms with Crippen LogP contribution in [0.4, 0.5) is 4.39 Å². The smallest absolute Gasteiger partial charge is 0.128 e. The van der Waals surface area contributed by atoms with E-state index in [1.165, 1.54) is 19.3 Å². The number of rotatable bonds is 3. The number of aryl methyl sites for hydroxylation is 1. The zero-order valence-corrected chi connectivity index (χ0v) is 12.5. The van der Waals surface area contributed by atoms with Crippen LogP contribution in [0.3, 0.4) is 0 Å². The Balaban J connectivity index is 2.22. The van der Waals surface area contributed by atoms with E-state index >= 15 is 0 Å². The Morgan fingerprint density at radius 3 is 2.58 bits per heavy atom. The topological polar surface area (TPSA) is 12.0 Å². The molecule has 4 atom stereocenters. The van der Waals surface area contributed by atoms with Crippen LogP contribution in [0.25, 0.3) is 0 Å². The molecule has 2 heteroatoms. The van der Waals surface area contributed by atoms with Gasteiger partial charge < -0.3 is 5.32 Å². The molecule has 0 heterocycles. The first-order valence-corrected chi connectivity index (χ1v) is 7.46. The zero-order chi connectivity index (χ0) is 14.0. The van der Waals surface area contributed by atoms with Gasteiger partial charge in [-0.3, -0.25) is 0 Å². The van der Waals surface area contributed by atoms with Gasteiger partial charge in [0.2, 0.25) is 0 Å². The first-order chi connectivity index (χ1) is 9.02. The summed E-state index contributed by atoms with van der Waals surface area (Å²) in [5.41, 5.74) is 1.98. The molecule has 1 nitrogen and oxygen atoms in total. The maximum atomic E-state index is 14.1. The van der Waals surface area contributed by atoms with Crippen molar-refractivity contribution in [3.05, 3.63) is 35.1 Å². The van der Waals surface area contributed by atoms with Gasteiger partial charge in [0.15, 0.2) is 0 Å². The third-order valence-corrected chi connectivity index (χ3v) is 4.91. The minimum atomic E-state index is -0.0729. The summed E-state index contributed by atoms with van der Waals surface area (Å²) in [6.45, 7) is 6.69. The van der Waals surface area contributed by atoms with Gasteiger partial charge in [-0.05, 0) is 50.6 Å². The van der Waals surface area contributed by atoms with E-state index in [0.29, 0.717) is 5.92 Å². The fourth-order valence-corrected chi connectivity index (χ4v) is 3.44. The van der Waals surface area contributed by atoms with Crippen molar-refractivity contribution in [2.24, 2.45) is 17.8 Å². The molecule has 0 bridgehead atoms. The molecule has 1 fully saturated rings. The van der Waals surface area contributed by atoms with E-state index in [0.717, 1.165) is 23.0 Å². The molecule has 0 saturated heterocycles. The molecule has 0 radical (unpaired) electrons. The lowest BCUT2D eigenvalue weighted by Gasteiger charge is -2.37. The fraction of sp³-hybridized carbons (Fsp3) is 0.647. The molecule has 0 spiro atoms. The Morgan fingerprint density at radius 2 is 1.95 bits per heavy atom. The van der Waals surface area contributed by atoms with E-state index in [1.807, 2.05) is 26.1 Å². The second kappa shape index (κ2) is 6.04. The van der Waals surface area contributed by atoms with Crippen LogP contribution in [-0.2, 0) is 0 Å².